The predicted octanol–water partition coefficient (Wildman–Crippen LogP) is 6.04. The molecule has 38 heavy (non-hydrogen) atoms. The lowest BCUT2D eigenvalue weighted by Crippen LogP contribution is -2.25. The van der Waals surface area contributed by atoms with E-state index in [1.807, 2.05) is 6.07 Å². The maximum absolute atomic E-state index is 9.93. The van der Waals surface area contributed by atoms with Gasteiger partial charge in [0.15, 0.2) is 11.5 Å². The first-order valence-corrected chi connectivity index (χ1v) is 13.7. The molecule has 1 aliphatic carbocycles. The first kappa shape index (κ1) is 27.6. The third kappa shape index (κ3) is 6.54. The minimum Gasteiger partial charge on any atom is -0.508 e. The van der Waals surface area contributed by atoms with Crippen LogP contribution in [0.4, 0.5) is 5.69 Å². The van der Waals surface area contributed by atoms with Crippen LogP contribution in [0.25, 0.3) is 0 Å². The molecule has 0 fully saturated rings. The van der Waals surface area contributed by atoms with Gasteiger partial charge in [0.1, 0.15) is 18.1 Å². The summed E-state index contributed by atoms with van der Waals surface area (Å²) in [5.74, 6) is 3.10. The van der Waals surface area contributed by atoms with Gasteiger partial charge in [0, 0.05) is 31.4 Å². The van der Waals surface area contributed by atoms with Crippen molar-refractivity contribution in [3.05, 3.63) is 76.9 Å². The Bertz CT molecular complexity index is 1190. The zero-order valence-electron chi connectivity index (χ0n) is 23.5. The van der Waals surface area contributed by atoms with Crippen LogP contribution >= 0.6 is 0 Å². The number of anilines is 1. The molecule has 0 saturated heterocycles. The van der Waals surface area contributed by atoms with Gasteiger partial charge in [-0.1, -0.05) is 25.1 Å². The van der Waals surface area contributed by atoms with Crippen LogP contribution in [0.3, 0.4) is 0 Å². The maximum atomic E-state index is 9.93. The van der Waals surface area contributed by atoms with Crippen LogP contribution in [-0.4, -0.2) is 57.5 Å². The Morgan fingerprint density at radius 3 is 2.32 bits per heavy atom. The molecule has 0 bridgehead atoms. The predicted molar refractivity (Wildman–Crippen MR) is 154 cm³/mol. The van der Waals surface area contributed by atoms with Crippen LogP contribution < -0.4 is 19.1 Å². The number of hydrogen-bond donors (Lipinski definition) is 1. The van der Waals surface area contributed by atoms with E-state index in [-0.39, 0.29) is 0 Å². The number of rotatable bonds is 12. The molecule has 0 aliphatic heterocycles. The van der Waals surface area contributed by atoms with Crippen molar-refractivity contribution in [1.29, 1.82) is 0 Å². The summed E-state index contributed by atoms with van der Waals surface area (Å²) in [6.07, 6.45) is 2.91. The van der Waals surface area contributed by atoms with Crippen LogP contribution in [0.5, 0.6) is 23.0 Å². The van der Waals surface area contributed by atoms with Gasteiger partial charge >= 0.3 is 0 Å². The Labute approximate surface area is 227 Å². The fraction of sp³-hybridized carbons (Fsp3) is 0.438. The lowest BCUT2D eigenvalue weighted by atomic mass is 9.79. The molecule has 0 radical (unpaired) electrons. The summed E-state index contributed by atoms with van der Waals surface area (Å²) in [5.41, 5.74) is 6.25. The number of likely N-dealkylation sites (N-methyl/N-ethyl adjacent to an activating group) is 1. The number of phenols is 1. The largest absolute Gasteiger partial charge is 0.508 e. The first-order valence-electron chi connectivity index (χ1n) is 13.7. The number of nitrogens with zero attached hydrogens (tertiary/aromatic N) is 2. The molecule has 1 atom stereocenters. The van der Waals surface area contributed by atoms with Crippen molar-refractivity contribution in [1.82, 2.24) is 4.90 Å². The second-order valence-electron chi connectivity index (χ2n) is 10.1. The highest BCUT2D eigenvalue weighted by Gasteiger charge is 2.26. The Morgan fingerprint density at radius 1 is 0.895 bits per heavy atom. The van der Waals surface area contributed by atoms with E-state index in [9.17, 15) is 5.11 Å². The number of phenolic OH excluding ortho intramolecular Hbond substituents is 1. The van der Waals surface area contributed by atoms with Crippen molar-refractivity contribution in [2.45, 2.75) is 45.6 Å². The Kier molecular flexibility index (Phi) is 9.40. The third-order valence-electron chi connectivity index (χ3n) is 7.69. The summed E-state index contributed by atoms with van der Waals surface area (Å²) >= 11 is 0. The normalized spacial score (nSPS) is 14.7. The molecule has 1 aliphatic rings. The molecule has 6 heteroatoms. The van der Waals surface area contributed by atoms with E-state index < -0.39 is 0 Å². The number of fused-ring (bicyclic) bond motifs is 1. The van der Waals surface area contributed by atoms with Gasteiger partial charge in [-0.3, -0.25) is 0 Å². The quantitative estimate of drug-likeness (QED) is 0.316. The standard InChI is InChI=1S/C32H42N2O4/c1-6-33(3)16-17-38-28-14-8-23(9-15-28)22-34(7-2)30-21-32(37-5)31(36-4)20-29(30)26-11-10-25-19-27(35)13-12-24(25)18-26/h8-9,12-15,19-21,26,35H,6-7,10-11,16-18,22H2,1-5H3/t26-/m1/s1. The van der Waals surface area contributed by atoms with E-state index in [0.717, 1.165) is 62.7 Å². The van der Waals surface area contributed by atoms with Crippen molar-refractivity contribution in [3.8, 4) is 23.0 Å². The molecule has 0 spiro atoms. The molecule has 0 saturated carbocycles. The number of aryl methyl sites for hydroxylation is 1. The van der Waals surface area contributed by atoms with Gasteiger partial charge in [-0.15, -0.1) is 0 Å². The van der Waals surface area contributed by atoms with Crippen molar-refractivity contribution in [2.24, 2.45) is 0 Å². The average molecular weight is 519 g/mol. The van der Waals surface area contributed by atoms with Gasteiger partial charge in [-0.2, -0.15) is 0 Å². The minimum absolute atomic E-state index is 0.343. The van der Waals surface area contributed by atoms with E-state index in [1.54, 1.807) is 20.3 Å². The highest BCUT2D eigenvalue weighted by atomic mass is 16.5. The van der Waals surface area contributed by atoms with E-state index in [0.29, 0.717) is 18.3 Å². The van der Waals surface area contributed by atoms with Crippen molar-refractivity contribution >= 4 is 5.69 Å². The van der Waals surface area contributed by atoms with Gasteiger partial charge in [-0.05, 0) is 98.3 Å². The fourth-order valence-corrected chi connectivity index (χ4v) is 5.25. The molecule has 4 rings (SSSR count). The van der Waals surface area contributed by atoms with E-state index in [1.165, 1.54) is 27.9 Å². The fourth-order valence-electron chi connectivity index (χ4n) is 5.25. The van der Waals surface area contributed by atoms with Gasteiger partial charge in [-0.25, -0.2) is 0 Å². The molecular weight excluding hydrogens is 476 g/mol. The summed E-state index contributed by atoms with van der Waals surface area (Å²) in [6.45, 7) is 8.61. The van der Waals surface area contributed by atoms with Gasteiger partial charge in [0.25, 0.3) is 0 Å². The number of benzene rings is 3. The lowest BCUT2D eigenvalue weighted by molar-refractivity contribution is 0.244. The molecule has 204 valence electrons. The molecule has 0 unspecified atom stereocenters. The average Bonchev–Trinajstić information content (AvgIpc) is 2.95. The zero-order valence-corrected chi connectivity index (χ0v) is 23.5. The smallest absolute Gasteiger partial charge is 0.162 e. The Morgan fingerprint density at radius 2 is 1.63 bits per heavy atom. The summed E-state index contributed by atoms with van der Waals surface area (Å²) < 4.78 is 17.4. The monoisotopic (exact) mass is 518 g/mol. The number of ether oxygens (including phenoxy) is 3. The van der Waals surface area contributed by atoms with Crippen LogP contribution in [-0.2, 0) is 19.4 Å². The maximum Gasteiger partial charge on any atom is 0.162 e. The van der Waals surface area contributed by atoms with Gasteiger partial charge in [0.2, 0.25) is 0 Å². The molecule has 0 amide bonds. The topological polar surface area (TPSA) is 54.4 Å². The summed E-state index contributed by atoms with van der Waals surface area (Å²) in [5, 5.41) is 9.93. The van der Waals surface area contributed by atoms with Crippen molar-refractivity contribution < 1.29 is 19.3 Å². The summed E-state index contributed by atoms with van der Waals surface area (Å²) in [4.78, 5) is 4.65. The Hall–Kier alpha value is -3.38. The van der Waals surface area contributed by atoms with Crippen LogP contribution in [0.2, 0.25) is 0 Å². The van der Waals surface area contributed by atoms with Crippen LogP contribution in [0.1, 0.15) is 48.4 Å². The molecule has 3 aromatic carbocycles. The number of hydrogen-bond acceptors (Lipinski definition) is 6. The van der Waals surface area contributed by atoms with Crippen molar-refractivity contribution in [2.75, 3.05) is 52.4 Å². The molecule has 3 aromatic rings. The number of aromatic hydroxyl groups is 1. The van der Waals surface area contributed by atoms with Gasteiger partial charge < -0.3 is 29.1 Å². The van der Waals surface area contributed by atoms with Gasteiger partial charge in [0.05, 0.1) is 14.2 Å². The minimum atomic E-state index is 0.343. The second kappa shape index (κ2) is 12.9. The number of methoxy groups -OCH3 is 2. The molecular formula is C32H42N2O4. The van der Waals surface area contributed by atoms with E-state index in [4.69, 9.17) is 14.2 Å². The molecule has 1 N–H and O–H groups in total. The van der Waals surface area contributed by atoms with Crippen molar-refractivity contribution in [3.63, 3.8) is 0 Å². The van der Waals surface area contributed by atoms with Crippen LogP contribution in [0, 0.1) is 0 Å². The molecule has 0 aromatic heterocycles. The van der Waals surface area contributed by atoms with Crippen LogP contribution in [0.15, 0.2) is 54.6 Å². The first-order chi connectivity index (χ1) is 18.4. The van der Waals surface area contributed by atoms with E-state index >= 15 is 0 Å². The second-order valence-corrected chi connectivity index (χ2v) is 10.1. The SMILES string of the molecule is CCN(C)CCOc1ccc(CN(CC)c2cc(OC)c(OC)cc2[C@@H]2CCc3cc(O)ccc3C2)cc1. The molecule has 6 nitrogen and oxygen atoms in total. The summed E-state index contributed by atoms with van der Waals surface area (Å²) in [7, 11) is 5.49. The highest BCUT2D eigenvalue weighted by molar-refractivity contribution is 5.64. The van der Waals surface area contributed by atoms with E-state index in [2.05, 4.69) is 73.2 Å². The summed E-state index contributed by atoms with van der Waals surface area (Å²) in [6, 6.07) is 18.5. The highest BCUT2D eigenvalue weighted by Crippen LogP contribution is 2.43. The zero-order chi connectivity index (χ0) is 27.1. The lowest BCUT2D eigenvalue weighted by Gasteiger charge is -2.32. The third-order valence-corrected chi connectivity index (χ3v) is 7.69. The Balaban J connectivity index is 1.57. The molecule has 0 heterocycles.